The van der Waals surface area contributed by atoms with Crippen molar-refractivity contribution < 1.29 is 17.9 Å². The van der Waals surface area contributed by atoms with E-state index in [1.807, 2.05) is 6.20 Å². The third-order valence-electron chi connectivity index (χ3n) is 7.44. The van der Waals surface area contributed by atoms with Crippen LogP contribution in [0.2, 0.25) is 0 Å². The molecule has 31 heavy (non-hydrogen) atoms. The molecule has 2 aromatic rings. The molecule has 3 atom stereocenters. The van der Waals surface area contributed by atoms with E-state index in [0.29, 0.717) is 41.0 Å². The van der Waals surface area contributed by atoms with Crippen LogP contribution in [0.1, 0.15) is 36.6 Å². The number of pyridine rings is 1. The fourth-order valence-corrected chi connectivity index (χ4v) is 5.32. The predicted octanol–water partition coefficient (Wildman–Crippen LogP) is 3.39. The lowest BCUT2D eigenvalue weighted by Gasteiger charge is -2.39. The number of likely N-dealkylation sites (tertiary alicyclic amines) is 1. The molecule has 2 N–H and O–H groups in total. The highest BCUT2D eigenvalue weighted by Crippen LogP contribution is 2.58. The summed E-state index contributed by atoms with van der Waals surface area (Å²) in [6.07, 6.45) is 2.36. The van der Waals surface area contributed by atoms with Gasteiger partial charge >= 0.3 is 6.18 Å². The van der Waals surface area contributed by atoms with Crippen molar-refractivity contribution in [2.45, 2.75) is 43.9 Å². The molecule has 0 unspecified atom stereocenters. The van der Waals surface area contributed by atoms with Gasteiger partial charge < -0.3 is 15.0 Å². The van der Waals surface area contributed by atoms with Crippen LogP contribution in [0.5, 0.6) is 0 Å². The number of hydrogen-bond donors (Lipinski definition) is 1. The van der Waals surface area contributed by atoms with E-state index >= 15 is 0 Å². The highest BCUT2D eigenvalue weighted by molar-refractivity contribution is 5.62. The lowest BCUT2D eigenvalue weighted by Crippen LogP contribution is -2.51. The molecule has 4 fully saturated rings. The van der Waals surface area contributed by atoms with Crippen LogP contribution in [0.3, 0.4) is 0 Å². The number of aromatic nitrogens is 3. The normalized spacial score (nSPS) is 28.9. The van der Waals surface area contributed by atoms with Crippen molar-refractivity contribution in [1.29, 1.82) is 0 Å². The molecule has 6 rings (SSSR count). The van der Waals surface area contributed by atoms with Crippen molar-refractivity contribution >= 4 is 5.82 Å². The smallest absolute Gasteiger partial charge is 0.383 e. The summed E-state index contributed by atoms with van der Waals surface area (Å²) in [6.45, 7) is 4.71. The van der Waals surface area contributed by atoms with E-state index in [-0.39, 0.29) is 0 Å². The third kappa shape index (κ3) is 3.51. The van der Waals surface area contributed by atoms with Gasteiger partial charge in [-0.3, -0.25) is 4.90 Å². The van der Waals surface area contributed by atoms with E-state index < -0.39 is 17.6 Å². The van der Waals surface area contributed by atoms with Gasteiger partial charge in [0.15, 0.2) is 0 Å². The average Bonchev–Trinajstić information content (AvgIpc) is 3.58. The minimum atomic E-state index is -4.54. The molecular formula is C22H26F3N5O. The second-order valence-corrected chi connectivity index (χ2v) is 9.56. The number of rotatable bonds is 5. The summed E-state index contributed by atoms with van der Waals surface area (Å²) in [5, 5.41) is 0. The summed E-state index contributed by atoms with van der Waals surface area (Å²) >= 11 is 0. The molecular weight excluding hydrogens is 407 g/mol. The number of imidazole rings is 1. The number of piperidine rings is 1. The molecule has 0 radical (unpaired) electrons. The molecule has 2 saturated heterocycles. The maximum Gasteiger partial charge on any atom is 0.419 e. The van der Waals surface area contributed by atoms with Crippen LogP contribution in [-0.2, 0) is 17.5 Å². The van der Waals surface area contributed by atoms with Crippen molar-refractivity contribution in [3.63, 3.8) is 0 Å². The number of nitrogen functional groups attached to an aromatic ring is 1. The Kier molecular flexibility index (Phi) is 4.37. The summed E-state index contributed by atoms with van der Waals surface area (Å²) in [7, 11) is 0. The first-order valence-corrected chi connectivity index (χ1v) is 11.1. The molecule has 2 aromatic heterocycles. The SMILES string of the molecule is Nc1ncc(-c2cn(CC3CC3)c([C@H]3[C@@H]4CN(C5COC5)CC[C@@H]43)n2)cc1C(F)(F)F. The minimum Gasteiger partial charge on any atom is -0.383 e. The van der Waals surface area contributed by atoms with Crippen LogP contribution >= 0.6 is 0 Å². The fourth-order valence-electron chi connectivity index (χ4n) is 5.32. The van der Waals surface area contributed by atoms with Gasteiger partial charge in [-0.1, -0.05) is 0 Å². The van der Waals surface area contributed by atoms with Gasteiger partial charge in [0.05, 0.1) is 30.5 Å². The van der Waals surface area contributed by atoms with E-state index in [2.05, 4.69) is 14.5 Å². The molecule has 0 aromatic carbocycles. The van der Waals surface area contributed by atoms with E-state index in [9.17, 15) is 13.2 Å². The molecule has 0 amide bonds. The number of ether oxygens (including phenoxy) is 1. The third-order valence-corrected chi connectivity index (χ3v) is 7.44. The number of hydrogen-bond acceptors (Lipinski definition) is 5. The van der Waals surface area contributed by atoms with Gasteiger partial charge in [0.25, 0.3) is 0 Å². The molecule has 4 aliphatic rings. The zero-order chi connectivity index (χ0) is 21.3. The number of anilines is 1. The van der Waals surface area contributed by atoms with Gasteiger partial charge in [-0.2, -0.15) is 13.2 Å². The number of fused-ring (bicyclic) bond motifs is 1. The Hall–Kier alpha value is -2.13. The second kappa shape index (κ2) is 6.93. The van der Waals surface area contributed by atoms with Crippen molar-refractivity contribution in [3.8, 4) is 11.3 Å². The van der Waals surface area contributed by atoms with Gasteiger partial charge in [0.1, 0.15) is 11.6 Å². The molecule has 2 aliphatic heterocycles. The Bertz CT molecular complexity index is 998. The van der Waals surface area contributed by atoms with Crippen LogP contribution in [0, 0.1) is 17.8 Å². The van der Waals surface area contributed by atoms with E-state index in [4.69, 9.17) is 15.5 Å². The van der Waals surface area contributed by atoms with Crippen molar-refractivity contribution in [2.75, 3.05) is 32.0 Å². The molecule has 2 aliphatic carbocycles. The number of nitrogens with two attached hydrogens (primary N) is 1. The topological polar surface area (TPSA) is 69.2 Å². The van der Waals surface area contributed by atoms with E-state index in [0.717, 1.165) is 51.2 Å². The van der Waals surface area contributed by atoms with Crippen LogP contribution in [0.15, 0.2) is 18.5 Å². The standard InChI is InChI=1S/C22H26F3N5O/c23-22(24,25)17-5-13(6-27-20(17)26)18-9-30(7-12-1-2-12)21(28-18)19-15-3-4-29(8-16(15)19)14-10-31-11-14/h5-6,9,12,14-16,19H,1-4,7-8,10-11H2,(H2,26,27)/t15-,16+,19+/m0/s1. The molecule has 0 spiro atoms. The van der Waals surface area contributed by atoms with Gasteiger partial charge in [-0.25, -0.2) is 9.97 Å². The Labute approximate surface area is 178 Å². The number of halogens is 3. The van der Waals surface area contributed by atoms with Crippen LogP contribution < -0.4 is 5.73 Å². The Morgan fingerprint density at radius 1 is 1.16 bits per heavy atom. The lowest BCUT2D eigenvalue weighted by atomic mass is 10.1. The highest BCUT2D eigenvalue weighted by Gasteiger charge is 2.56. The Balaban J connectivity index is 1.30. The van der Waals surface area contributed by atoms with Crippen LogP contribution in [0.25, 0.3) is 11.3 Å². The average molecular weight is 433 g/mol. The second-order valence-electron chi connectivity index (χ2n) is 9.56. The number of nitrogens with zero attached hydrogens (tertiary/aromatic N) is 4. The quantitative estimate of drug-likeness (QED) is 0.783. The van der Waals surface area contributed by atoms with Gasteiger partial charge in [0.2, 0.25) is 0 Å². The molecule has 4 heterocycles. The summed E-state index contributed by atoms with van der Waals surface area (Å²) in [6, 6.07) is 1.62. The molecule has 2 saturated carbocycles. The lowest BCUT2D eigenvalue weighted by molar-refractivity contribution is -0.137. The van der Waals surface area contributed by atoms with E-state index in [1.165, 1.54) is 19.0 Å². The van der Waals surface area contributed by atoms with E-state index in [1.54, 1.807) is 0 Å². The summed E-state index contributed by atoms with van der Waals surface area (Å²) < 4.78 is 47.5. The predicted molar refractivity (Wildman–Crippen MR) is 108 cm³/mol. The maximum absolute atomic E-state index is 13.3. The Morgan fingerprint density at radius 3 is 2.65 bits per heavy atom. The van der Waals surface area contributed by atoms with Gasteiger partial charge in [-0.05, 0) is 49.6 Å². The summed E-state index contributed by atoms with van der Waals surface area (Å²) in [4.78, 5) is 11.2. The van der Waals surface area contributed by atoms with Crippen molar-refractivity contribution in [1.82, 2.24) is 19.4 Å². The number of alkyl halides is 3. The van der Waals surface area contributed by atoms with Crippen LogP contribution in [-0.4, -0.2) is 51.8 Å². The first-order valence-electron chi connectivity index (χ1n) is 11.1. The Morgan fingerprint density at radius 2 is 1.97 bits per heavy atom. The first-order chi connectivity index (χ1) is 14.9. The maximum atomic E-state index is 13.3. The zero-order valence-corrected chi connectivity index (χ0v) is 17.2. The summed E-state index contributed by atoms with van der Waals surface area (Å²) in [5.74, 6) is 2.79. The van der Waals surface area contributed by atoms with Crippen molar-refractivity contribution in [3.05, 3.63) is 29.8 Å². The van der Waals surface area contributed by atoms with Crippen molar-refractivity contribution in [2.24, 2.45) is 17.8 Å². The fraction of sp³-hybridized carbons (Fsp3) is 0.636. The molecule has 0 bridgehead atoms. The van der Waals surface area contributed by atoms with Crippen LogP contribution in [0.4, 0.5) is 19.0 Å². The first kappa shape index (κ1) is 19.5. The largest absolute Gasteiger partial charge is 0.419 e. The van der Waals surface area contributed by atoms with Gasteiger partial charge in [0, 0.05) is 37.0 Å². The molecule has 9 heteroatoms. The summed E-state index contributed by atoms with van der Waals surface area (Å²) in [5.41, 5.74) is 5.51. The monoisotopic (exact) mass is 433 g/mol. The van der Waals surface area contributed by atoms with Gasteiger partial charge in [-0.15, -0.1) is 0 Å². The molecule has 6 nitrogen and oxygen atoms in total. The minimum absolute atomic E-state index is 0.370. The molecule has 166 valence electrons. The highest BCUT2D eigenvalue weighted by atomic mass is 19.4. The zero-order valence-electron chi connectivity index (χ0n) is 17.2.